The molecule has 5 heteroatoms. The van der Waals surface area contributed by atoms with Crippen LogP contribution in [-0.4, -0.2) is 47.9 Å². The van der Waals surface area contributed by atoms with Crippen molar-refractivity contribution in [1.29, 1.82) is 0 Å². The van der Waals surface area contributed by atoms with E-state index in [9.17, 15) is 4.79 Å². The van der Waals surface area contributed by atoms with Crippen molar-refractivity contribution < 1.29 is 4.79 Å². The lowest BCUT2D eigenvalue weighted by atomic mass is 10.1. The molecule has 2 heterocycles. The summed E-state index contributed by atoms with van der Waals surface area (Å²) >= 11 is 3.38. The number of rotatable bonds is 1. The monoisotopic (exact) mass is 323 g/mol. The highest BCUT2D eigenvalue weighted by atomic mass is 79.9. The summed E-state index contributed by atoms with van der Waals surface area (Å²) in [7, 11) is 0. The van der Waals surface area contributed by atoms with Gasteiger partial charge in [0, 0.05) is 41.4 Å². The number of hydrogen-bond acceptors (Lipinski definition) is 3. The van der Waals surface area contributed by atoms with Crippen LogP contribution in [0.4, 0.5) is 5.69 Å². The second-order valence-electron chi connectivity index (χ2n) is 5.32. The Morgan fingerprint density at radius 3 is 2.95 bits per heavy atom. The quantitative estimate of drug-likeness (QED) is 0.804. The highest BCUT2D eigenvalue weighted by Gasteiger charge is 2.32. The number of piperazine rings is 1. The minimum absolute atomic E-state index is 0.118. The Kier molecular flexibility index (Phi) is 3.50. The van der Waals surface area contributed by atoms with E-state index in [1.807, 2.05) is 17.0 Å². The number of benzene rings is 1. The molecule has 1 aromatic carbocycles. The molecule has 0 bridgehead atoms. The van der Waals surface area contributed by atoms with E-state index in [2.05, 4.69) is 20.8 Å². The van der Waals surface area contributed by atoms with Crippen molar-refractivity contribution >= 4 is 27.5 Å². The summed E-state index contributed by atoms with van der Waals surface area (Å²) in [5.41, 5.74) is 7.14. The number of halogens is 1. The number of nitrogen functional groups attached to an aromatic ring is 1. The zero-order chi connectivity index (χ0) is 13.4. The molecule has 102 valence electrons. The van der Waals surface area contributed by atoms with Gasteiger partial charge in [0.25, 0.3) is 5.91 Å². The summed E-state index contributed by atoms with van der Waals surface area (Å²) in [5, 5.41) is 0. The molecule has 0 saturated carbocycles. The zero-order valence-corrected chi connectivity index (χ0v) is 12.4. The topological polar surface area (TPSA) is 49.6 Å². The molecule has 4 nitrogen and oxygen atoms in total. The van der Waals surface area contributed by atoms with Gasteiger partial charge in [0.1, 0.15) is 0 Å². The van der Waals surface area contributed by atoms with Crippen LogP contribution in [0.3, 0.4) is 0 Å². The molecular weight excluding hydrogens is 306 g/mol. The Hall–Kier alpha value is -1.07. The maximum atomic E-state index is 12.5. The van der Waals surface area contributed by atoms with Gasteiger partial charge >= 0.3 is 0 Å². The average Bonchev–Trinajstić information content (AvgIpc) is 2.88. The van der Waals surface area contributed by atoms with Crippen LogP contribution in [0, 0.1) is 0 Å². The van der Waals surface area contributed by atoms with Gasteiger partial charge in [-0.2, -0.15) is 0 Å². The van der Waals surface area contributed by atoms with Crippen molar-refractivity contribution in [3.63, 3.8) is 0 Å². The molecule has 0 spiro atoms. The van der Waals surface area contributed by atoms with Gasteiger partial charge in [0.2, 0.25) is 0 Å². The van der Waals surface area contributed by atoms with Gasteiger partial charge in [-0.05, 0) is 53.5 Å². The molecular formula is C14H18BrN3O. The first-order chi connectivity index (χ1) is 9.15. The van der Waals surface area contributed by atoms with Gasteiger partial charge in [-0.25, -0.2) is 0 Å². The summed E-state index contributed by atoms with van der Waals surface area (Å²) in [6.07, 6.45) is 2.48. The van der Waals surface area contributed by atoms with Crippen molar-refractivity contribution in [1.82, 2.24) is 9.80 Å². The standard InChI is InChI=1S/C14H18BrN3O/c15-12-8-10(3-4-13(12)16)14(19)18-7-6-17-5-1-2-11(17)9-18/h3-4,8,11H,1-2,5-7,9,16H2. The van der Waals surface area contributed by atoms with Gasteiger partial charge in [0.15, 0.2) is 0 Å². The maximum absolute atomic E-state index is 12.5. The second kappa shape index (κ2) is 5.13. The molecule has 1 amide bonds. The highest BCUT2D eigenvalue weighted by molar-refractivity contribution is 9.10. The Labute approximate surface area is 121 Å². The first-order valence-corrected chi connectivity index (χ1v) is 7.53. The van der Waals surface area contributed by atoms with E-state index in [1.165, 1.54) is 19.4 Å². The van der Waals surface area contributed by atoms with Crippen LogP contribution in [0.5, 0.6) is 0 Å². The molecule has 1 unspecified atom stereocenters. The Morgan fingerprint density at radius 2 is 2.16 bits per heavy atom. The second-order valence-corrected chi connectivity index (χ2v) is 6.17. The third-order valence-corrected chi connectivity index (χ3v) is 4.81. The van der Waals surface area contributed by atoms with Crippen LogP contribution < -0.4 is 5.73 Å². The third kappa shape index (κ3) is 2.49. The molecule has 2 N–H and O–H groups in total. The summed E-state index contributed by atoms with van der Waals surface area (Å²) in [4.78, 5) is 17.0. The molecule has 2 aliphatic heterocycles. The normalized spacial score (nSPS) is 23.4. The molecule has 1 aromatic rings. The lowest BCUT2D eigenvalue weighted by molar-refractivity contribution is 0.0571. The molecule has 0 radical (unpaired) electrons. The lowest BCUT2D eigenvalue weighted by Crippen LogP contribution is -2.52. The van der Waals surface area contributed by atoms with Crippen LogP contribution in [0.25, 0.3) is 0 Å². The lowest BCUT2D eigenvalue weighted by Gasteiger charge is -2.37. The molecule has 2 fully saturated rings. The van der Waals surface area contributed by atoms with Crippen molar-refractivity contribution in [2.75, 3.05) is 31.9 Å². The molecule has 1 atom stereocenters. The summed E-state index contributed by atoms with van der Waals surface area (Å²) < 4.78 is 0.790. The van der Waals surface area contributed by atoms with E-state index >= 15 is 0 Å². The number of hydrogen-bond donors (Lipinski definition) is 1. The van der Waals surface area contributed by atoms with Crippen LogP contribution in [-0.2, 0) is 0 Å². The number of amides is 1. The van der Waals surface area contributed by atoms with E-state index < -0.39 is 0 Å². The van der Waals surface area contributed by atoms with E-state index in [4.69, 9.17) is 5.73 Å². The number of carbonyl (C=O) groups is 1. The number of nitrogens with zero attached hydrogens (tertiary/aromatic N) is 2. The zero-order valence-electron chi connectivity index (χ0n) is 10.8. The van der Waals surface area contributed by atoms with E-state index in [0.717, 1.165) is 24.1 Å². The first kappa shape index (κ1) is 12.9. The summed E-state index contributed by atoms with van der Waals surface area (Å²) in [6.45, 7) is 3.89. The van der Waals surface area contributed by atoms with Gasteiger partial charge in [-0.1, -0.05) is 0 Å². The molecule has 19 heavy (non-hydrogen) atoms. The fourth-order valence-corrected chi connectivity index (χ4v) is 3.40. The summed E-state index contributed by atoms with van der Waals surface area (Å²) in [6, 6.07) is 5.97. The van der Waals surface area contributed by atoms with Crippen molar-refractivity contribution in [2.24, 2.45) is 0 Å². The van der Waals surface area contributed by atoms with Gasteiger partial charge in [-0.15, -0.1) is 0 Å². The van der Waals surface area contributed by atoms with E-state index in [0.29, 0.717) is 17.3 Å². The maximum Gasteiger partial charge on any atom is 0.253 e. The minimum Gasteiger partial charge on any atom is -0.398 e. The molecule has 0 aromatic heterocycles. The number of carbonyl (C=O) groups excluding carboxylic acids is 1. The molecule has 2 saturated heterocycles. The molecule has 3 rings (SSSR count). The molecule has 0 aliphatic carbocycles. The van der Waals surface area contributed by atoms with E-state index in [-0.39, 0.29) is 5.91 Å². The van der Waals surface area contributed by atoms with Gasteiger partial charge in [-0.3, -0.25) is 9.69 Å². The number of nitrogens with two attached hydrogens (primary N) is 1. The van der Waals surface area contributed by atoms with Crippen molar-refractivity contribution in [3.05, 3.63) is 28.2 Å². The average molecular weight is 324 g/mol. The number of anilines is 1. The minimum atomic E-state index is 0.118. The van der Waals surface area contributed by atoms with Gasteiger partial charge in [0.05, 0.1) is 0 Å². The van der Waals surface area contributed by atoms with Crippen LogP contribution >= 0.6 is 15.9 Å². The predicted octanol–water partition coefficient (Wildman–Crippen LogP) is 1.95. The third-order valence-electron chi connectivity index (χ3n) is 4.12. The number of fused-ring (bicyclic) bond motifs is 1. The smallest absolute Gasteiger partial charge is 0.253 e. The fraction of sp³-hybridized carbons (Fsp3) is 0.500. The first-order valence-electron chi connectivity index (χ1n) is 6.73. The largest absolute Gasteiger partial charge is 0.398 e. The Balaban J connectivity index is 1.74. The highest BCUT2D eigenvalue weighted by Crippen LogP contribution is 2.24. The van der Waals surface area contributed by atoms with Crippen LogP contribution in [0.2, 0.25) is 0 Å². The van der Waals surface area contributed by atoms with Gasteiger partial charge < -0.3 is 10.6 Å². The predicted molar refractivity (Wildman–Crippen MR) is 79.1 cm³/mol. The van der Waals surface area contributed by atoms with Crippen molar-refractivity contribution in [3.8, 4) is 0 Å². The van der Waals surface area contributed by atoms with Crippen molar-refractivity contribution in [2.45, 2.75) is 18.9 Å². The van der Waals surface area contributed by atoms with E-state index in [1.54, 1.807) is 6.07 Å². The Morgan fingerprint density at radius 1 is 1.32 bits per heavy atom. The van der Waals surface area contributed by atoms with Crippen LogP contribution in [0.1, 0.15) is 23.2 Å². The van der Waals surface area contributed by atoms with Crippen LogP contribution in [0.15, 0.2) is 22.7 Å². The summed E-state index contributed by atoms with van der Waals surface area (Å²) in [5.74, 6) is 0.118. The molecule has 2 aliphatic rings. The Bertz CT molecular complexity index is 505. The SMILES string of the molecule is Nc1ccc(C(=O)N2CCN3CCCC3C2)cc1Br. The fourth-order valence-electron chi connectivity index (χ4n) is 3.02.